The van der Waals surface area contributed by atoms with Gasteiger partial charge in [-0.3, -0.25) is 10.3 Å². The van der Waals surface area contributed by atoms with Crippen LogP contribution >= 0.6 is 11.3 Å². The number of aromatic nitrogens is 3. The van der Waals surface area contributed by atoms with E-state index in [-0.39, 0.29) is 12.1 Å². The third kappa shape index (κ3) is 4.59. The molecule has 0 aliphatic rings. The molecule has 0 bridgehead atoms. The van der Waals surface area contributed by atoms with Crippen LogP contribution in [-0.2, 0) is 4.74 Å². The van der Waals surface area contributed by atoms with Gasteiger partial charge in [-0.15, -0.1) is 10.2 Å². The molecule has 0 saturated carbocycles. The maximum Gasteiger partial charge on any atom is 0.321 e. The number of anilines is 1. The highest BCUT2D eigenvalue weighted by atomic mass is 32.1. The molecule has 0 aliphatic heterocycles. The van der Waals surface area contributed by atoms with Gasteiger partial charge < -0.3 is 10.1 Å². The van der Waals surface area contributed by atoms with Gasteiger partial charge in [0.25, 0.3) is 0 Å². The van der Waals surface area contributed by atoms with Crippen molar-refractivity contribution in [3.63, 3.8) is 0 Å². The second kappa shape index (κ2) is 8.32. The molecule has 2 N–H and O–H groups in total. The lowest BCUT2D eigenvalue weighted by Crippen LogP contribution is -2.35. The number of carbonyl (C=O) groups is 1. The van der Waals surface area contributed by atoms with E-state index in [4.69, 9.17) is 4.74 Å². The van der Waals surface area contributed by atoms with E-state index in [1.54, 1.807) is 13.3 Å². The topological polar surface area (TPSA) is 89.0 Å². The summed E-state index contributed by atoms with van der Waals surface area (Å²) in [5.41, 5.74) is 1.68. The molecule has 2 amide bonds. The van der Waals surface area contributed by atoms with E-state index in [0.717, 1.165) is 16.3 Å². The summed E-state index contributed by atoms with van der Waals surface area (Å²) in [5, 5.41) is 14.8. The molecule has 0 aliphatic carbocycles. The van der Waals surface area contributed by atoms with Crippen molar-refractivity contribution in [3.8, 4) is 10.6 Å². The normalized spacial score (nSPS) is 11.7. The number of carbonyl (C=O) groups excluding carboxylic acids is 1. The fraction of sp³-hybridized carbons (Fsp3) is 0.176. The Kier molecular flexibility index (Phi) is 5.65. The lowest BCUT2D eigenvalue weighted by molar-refractivity contribution is 0.166. The predicted molar refractivity (Wildman–Crippen MR) is 96.4 cm³/mol. The molecule has 1 atom stereocenters. The molecule has 0 spiro atoms. The van der Waals surface area contributed by atoms with Gasteiger partial charge in [0.2, 0.25) is 5.13 Å². The van der Waals surface area contributed by atoms with Gasteiger partial charge in [0.15, 0.2) is 0 Å². The van der Waals surface area contributed by atoms with Gasteiger partial charge in [-0.25, -0.2) is 4.79 Å². The zero-order valence-corrected chi connectivity index (χ0v) is 14.4. The summed E-state index contributed by atoms with van der Waals surface area (Å²) in [5.74, 6) is 0. The number of hydrogen-bond donors (Lipinski definition) is 2. The molecule has 25 heavy (non-hydrogen) atoms. The number of nitrogens with one attached hydrogen (secondary N) is 2. The van der Waals surface area contributed by atoms with E-state index in [2.05, 4.69) is 25.8 Å². The van der Waals surface area contributed by atoms with Crippen molar-refractivity contribution in [2.24, 2.45) is 0 Å². The zero-order valence-electron chi connectivity index (χ0n) is 13.5. The van der Waals surface area contributed by atoms with Crippen LogP contribution in [0.15, 0.2) is 54.7 Å². The highest BCUT2D eigenvalue weighted by Gasteiger charge is 2.17. The second-order valence-corrected chi connectivity index (χ2v) is 6.12. The highest BCUT2D eigenvalue weighted by Crippen LogP contribution is 2.25. The van der Waals surface area contributed by atoms with E-state index in [9.17, 15) is 4.79 Å². The maximum absolute atomic E-state index is 12.3. The molecule has 128 valence electrons. The minimum atomic E-state index is -0.386. The lowest BCUT2D eigenvalue weighted by Gasteiger charge is -2.17. The summed E-state index contributed by atoms with van der Waals surface area (Å²) in [6.45, 7) is 0.315. The Labute approximate surface area is 149 Å². The van der Waals surface area contributed by atoms with Crippen LogP contribution in [0.2, 0.25) is 0 Å². The number of nitrogens with zero attached hydrogens (tertiary/aromatic N) is 3. The molecule has 7 nitrogen and oxygen atoms in total. The monoisotopic (exact) mass is 355 g/mol. The third-order valence-electron chi connectivity index (χ3n) is 3.35. The average molecular weight is 355 g/mol. The summed E-state index contributed by atoms with van der Waals surface area (Å²) in [7, 11) is 1.58. The van der Waals surface area contributed by atoms with Crippen LogP contribution in [0.1, 0.15) is 11.7 Å². The third-order valence-corrected chi connectivity index (χ3v) is 4.24. The minimum Gasteiger partial charge on any atom is -0.382 e. The molecule has 3 rings (SSSR count). The zero-order chi connectivity index (χ0) is 17.5. The predicted octanol–water partition coefficient (Wildman–Crippen LogP) is 3.11. The molecule has 2 heterocycles. The van der Waals surface area contributed by atoms with Crippen LogP contribution in [0.4, 0.5) is 9.93 Å². The Bertz CT molecular complexity index is 810. The Morgan fingerprint density at radius 3 is 2.68 bits per heavy atom. The van der Waals surface area contributed by atoms with Crippen LogP contribution < -0.4 is 10.6 Å². The number of urea groups is 1. The van der Waals surface area contributed by atoms with E-state index in [1.807, 2.05) is 48.5 Å². The highest BCUT2D eigenvalue weighted by molar-refractivity contribution is 7.18. The SMILES string of the molecule is COCC(NC(=O)Nc1nnc(-c2ccccc2)s1)c1ccccn1. The van der Waals surface area contributed by atoms with Crippen LogP contribution in [0.5, 0.6) is 0 Å². The van der Waals surface area contributed by atoms with Crippen molar-refractivity contribution in [2.75, 3.05) is 19.0 Å². The van der Waals surface area contributed by atoms with Gasteiger partial charge in [0.05, 0.1) is 18.3 Å². The first-order chi connectivity index (χ1) is 12.3. The van der Waals surface area contributed by atoms with E-state index >= 15 is 0 Å². The quantitative estimate of drug-likeness (QED) is 0.709. The first-order valence-corrected chi connectivity index (χ1v) is 8.44. The molecule has 0 radical (unpaired) electrons. The summed E-state index contributed by atoms with van der Waals surface area (Å²) in [4.78, 5) is 16.5. The maximum atomic E-state index is 12.3. The van der Waals surface area contributed by atoms with Crippen molar-refractivity contribution in [1.82, 2.24) is 20.5 Å². The molecular formula is C17H17N5O2S. The summed E-state index contributed by atoms with van der Waals surface area (Å²) in [6, 6.07) is 14.5. The largest absolute Gasteiger partial charge is 0.382 e. The fourth-order valence-electron chi connectivity index (χ4n) is 2.21. The molecule has 0 saturated heterocycles. The number of hydrogen-bond acceptors (Lipinski definition) is 6. The molecule has 1 unspecified atom stereocenters. The Morgan fingerprint density at radius 2 is 1.96 bits per heavy atom. The summed E-state index contributed by atoms with van der Waals surface area (Å²) < 4.78 is 5.16. The average Bonchev–Trinajstić information content (AvgIpc) is 3.11. The van der Waals surface area contributed by atoms with Crippen molar-refractivity contribution >= 4 is 22.5 Å². The summed E-state index contributed by atoms with van der Waals surface area (Å²) >= 11 is 1.31. The molecule has 8 heteroatoms. The van der Waals surface area contributed by atoms with Crippen molar-refractivity contribution < 1.29 is 9.53 Å². The number of rotatable bonds is 6. The smallest absolute Gasteiger partial charge is 0.321 e. The van der Waals surface area contributed by atoms with Gasteiger partial charge in [-0.2, -0.15) is 0 Å². The number of ether oxygens (including phenoxy) is 1. The van der Waals surface area contributed by atoms with Crippen molar-refractivity contribution in [1.29, 1.82) is 0 Å². The van der Waals surface area contributed by atoms with Crippen LogP contribution in [0.25, 0.3) is 10.6 Å². The number of amides is 2. The van der Waals surface area contributed by atoms with E-state index in [1.165, 1.54) is 11.3 Å². The van der Waals surface area contributed by atoms with Crippen molar-refractivity contribution in [2.45, 2.75) is 6.04 Å². The van der Waals surface area contributed by atoms with Gasteiger partial charge >= 0.3 is 6.03 Å². The fourth-order valence-corrected chi connectivity index (χ4v) is 2.96. The minimum absolute atomic E-state index is 0.315. The summed E-state index contributed by atoms with van der Waals surface area (Å²) in [6.07, 6.45) is 1.68. The van der Waals surface area contributed by atoms with Gasteiger partial charge in [0, 0.05) is 18.9 Å². The number of benzene rings is 1. The van der Waals surface area contributed by atoms with Crippen molar-refractivity contribution in [3.05, 3.63) is 60.4 Å². The number of pyridine rings is 1. The lowest BCUT2D eigenvalue weighted by atomic mass is 10.2. The van der Waals surface area contributed by atoms with Crippen LogP contribution in [0.3, 0.4) is 0 Å². The van der Waals surface area contributed by atoms with Gasteiger partial charge in [0.1, 0.15) is 5.01 Å². The molecule has 2 aromatic heterocycles. The Morgan fingerprint density at radius 1 is 1.16 bits per heavy atom. The molecule has 0 fully saturated rings. The second-order valence-electron chi connectivity index (χ2n) is 5.14. The van der Waals surface area contributed by atoms with Gasteiger partial charge in [-0.05, 0) is 12.1 Å². The van der Waals surface area contributed by atoms with Crippen LogP contribution in [-0.4, -0.2) is 34.9 Å². The Hall–Kier alpha value is -2.84. The van der Waals surface area contributed by atoms with E-state index in [0.29, 0.717) is 11.7 Å². The number of methoxy groups -OCH3 is 1. The van der Waals surface area contributed by atoms with E-state index < -0.39 is 0 Å². The molecule has 3 aromatic rings. The first-order valence-electron chi connectivity index (χ1n) is 7.62. The molecular weight excluding hydrogens is 338 g/mol. The standard InChI is InChI=1S/C17H17N5O2S/c1-24-11-14(13-9-5-6-10-18-13)19-16(23)20-17-22-21-15(25-17)12-7-3-2-4-8-12/h2-10,14H,11H2,1H3,(H2,19,20,22,23). The Balaban J connectivity index is 1.65. The van der Waals surface area contributed by atoms with Crippen LogP contribution in [0, 0.1) is 0 Å². The first kappa shape index (κ1) is 17.0. The van der Waals surface area contributed by atoms with Gasteiger partial charge in [-0.1, -0.05) is 47.7 Å². The molecule has 1 aromatic carbocycles.